The fourth-order valence-corrected chi connectivity index (χ4v) is 2.54. The molecular formula is C21H24ClFN2O3. The van der Waals surface area contributed by atoms with Gasteiger partial charge in [0.25, 0.3) is 5.56 Å². The predicted molar refractivity (Wildman–Crippen MR) is 112 cm³/mol. The number of allylic oxidation sites excluding steroid dienone is 4. The standard InChI is InChI=1S/C19H18ClFN2O3.C2H6/c1-6-11(14(21)7-2)12-10-13-15(8-9-22-16(13)20)23(17(12)24)18(25)26-19(3,4)5;1-2/h6-10H,1-2H2,3-5H3;1-2H3/b14-11-;. The summed E-state index contributed by atoms with van der Waals surface area (Å²) in [7, 11) is 0. The van der Waals surface area contributed by atoms with Crippen LogP contribution in [0.1, 0.15) is 40.2 Å². The molecule has 0 N–H and O–H groups in total. The molecule has 0 spiro atoms. The van der Waals surface area contributed by atoms with Crippen molar-refractivity contribution >= 4 is 34.2 Å². The van der Waals surface area contributed by atoms with Crippen LogP contribution in [0.4, 0.5) is 9.18 Å². The molecule has 7 heteroatoms. The van der Waals surface area contributed by atoms with E-state index in [0.29, 0.717) is 5.39 Å². The highest BCUT2D eigenvalue weighted by Gasteiger charge is 2.24. The number of carbonyl (C=O) groups excluding carboxylic acids is 1. The first-order valence-electron chi connectivity index (χ1n) is 8.69. The number of pyridine rings is 2. The quantitative estimate of drug-likeness (QED) is 0.469. The predicted octanol–water partition coefficient (Wildman–Crippen LogP) is 5.91. The van der Waals surface area contributed by atoms with Gasteiger partial charge in [-0.3, -0.25) is 4.79 Å². The lowest BCUT2D eigenvalue weighted by atomic mass is 10.0. The zero-order chi connectivity index (χ0) is 21.6. The van der Waals surface area contributed by atoms with Crippen molar-refractivity contribution < 1.29 is 13.9 Å². The molecule has 2 rings (SSSR count). The van der Waals surface area contributed by atoms with E-state index in [1.54, 1.807) is 20.8 Å². The number of halogens is 2. The van der Waals surface area contributed by atoms with E-state index in [2.05, 4.69) is 18.1 Å². The van der Waals surface area contributed by atoms with Crippen LogP contribution < -0.4 is 5.56 Å². The van der Waals surface area contributed by atoms with Gasteiger partial charge in [0.1, 0.15) is 16.6 Å². The number of fused-ring (bicyclic) bond motifs is 1. The maximum Gasteiger partial charge on any atom is 0.422 e. The average Bonchev–Trinajstić information content (AvgIpc) is 2.63. The molecule has 0 aromatic carbocycles. The van der Waals surface area contributed by atoms with Gasteiger partial charge in [-0.1, -0.05) is 44.7 Å². The van der Waals surface area contributed by atoms with Crippen LogP contribution in [-0.2, 0) is 4.74 Å². The fourth-order valence-electron chi connectivity index (χ4n) is 2.33. The third-order valence-electron chi connectivity index (χ3n) is 3.39. The first-order valence-corrected chi connectivity index (χ1v) is 9.07. The molecule has 0 aliphatic carbocycles. The van der Waals surface area contributed by atoms with Crippen LogP contribution in [0.25, 0.3) is 16.5 Å². The van der Waals surface area contributed by atoms with Crippen LogP contribution in [0.3, 0.4) is 0 Å². The molecule has 0 saturated heterocycles. The van der Waals surface area contributed by atoms with Gasteiger partial charge in [-0.05, 0) is 39.0 Å². The first-order chi connectivity index (χ1) is 13.1. The van der Waals surface area contributed by atoms with Crippen molar-refractivity contribution in [1.29, 1.82) is 0 Å². The number of hydrogen-bond donors (Lipinski definition) is 0. The maximum absolute atomic E-state index is 14.1. The minimum Gasteiger partial charge on any atom is -0.443 e. The van der Waals surface area contributed by atoms with Gasteiger partial charge in [0, 0.05) is 17.2 Å². The van der Waals surface area contributed by atoms with Gasteiger partial charge in [-0.2, -0.15) is 0 Å². The average molecular weight is 407 g/mol. The van der Waals surface area contributed by atoms with Crippen molar-refractivity contribution in [3.63, 3.8) is 0 Å². The lowest BCUT2D eigenvalue weighted by Gasteiger charge is -2.21. The van der Waals surface area contributed by atoms with E-state index in [4.69, 9.17) is 16.3 Å². The maximum atomic E-state index is 14.1. The molecule has 2 aromatic rings. The molecule has 0 aliphatic rings. The van der Waals surface area contributed by atoms with Crippen molar-refractivity contribution in [2.75, 3.05) is 0 Å². The minimum atomic E-state index is -0.904. The molecule has 0 unspecified atom stereocenters. The van der Waals surface area contributed by atoms with Gasteiger partial charge >= 0.3 is 6.09 Å². The molecular weight excluding hydrogens is 383 g/mol. The largest absolute Gasteiger partial charge is 0.443 e. The second-order valence-corrected chi connectivity index (χ2v) is 6.74. The zero-order valence-corrected chi connectivity index (χ0v) is 17.4. The summed E-state index contributed by atoms with van der Waals surface area (Å²) >= 11 is 6.12. The van der Waals surface area contributed by atoms with E-state index >= 15 is 0 Å². The molecule has 150 valence electrons. The summed E-state index contributed by atoms with van der Waals surface area (Å²) in [5.41, 5.74) is -1.61. The molecule has 0 aliphatic heterocycles. The van der Waals surface area contributed by atoms with E-state index in [1.165, 1.54) is 24.4 Å². The minimum absolute atomic E-state index is 0.0588. The summed E-state index contributed by atoms with van der Waals surface area (Å²) in [6, 6.07) is 2.82. The van der Waals surface area contributed by atoms with Crippen LogP contribution in [-0.4, -0.2) is 21.2 Å². The van der Waals surface area contributed by atoms with Crippen molar-refractivity contribution in [2.24, 2.45) is 0 Å². The van der Waals surface area contributed by atoms with Crippen molar-refractivity contribution in [3.8, 4) is 0 Å². The number of aromatic nitrogens is 2. The zero-order valence-electron chi connectivity index (χ0n) is 16.7. The Bertz CT molecular complexity index is 1000. The summed E-state index contributed by atoms with van der Waals surface area (Å²) in [5.74, 6) is -0.757. The molecule has 0 atom stereocenters. The topological polar surface area (TPSA) is 61.2 Å². The highest BCUT2D eigenvalue weighted by molar-refractivity contribution is 6.34. The van der Waals surface area contributed by atoms with Gasteiger partial charge in [0.05, 0.1) is 11.1 Å². The van der Waals surface area contributed by atoms with Gasteiger partial charge < -0.3 is 4.74 Å². The number of hydrogen-bond acceptors (Lipinski definition) is 4. The Balaban J connectivity index is 0.00000190. The summed E-state index contributed by atoms with van der Waals surface area (Å²) in [6.07, 6.45) is 2.57. The Morgan fingerprint density at radius 2 is 1.89 bits per heavy atom. The fraction of sp³-hybridized carbons (Fsp3) is 0.286. The van der Waals surface area contributed by atoms with E-state index in [1.807, 2.05) is 13.8 Å². The van der Waals surface area contributed by atoms with E-state index in [-0.39, 0.29) is 21.8 Å². The van der Waals surface area contributed by atoms with E-state index < -0.39 is 23.1 Å². The van der Waals surface area contributed by atoms with Crippen LogP contribution in [0.5, 0.6) is 0 Å². The van der Waals surface area contributed by atoms with E-state index in [0.717, 1.165) is 10.6 Å². The van der Waals surface area contributed by atoms with E-state index in [9.17, 15) is 14.0 Å². The van der Waals surface area contributed by atoms with Crippen LogP contribution in [0, 0.1) is 0 Å². The molecule has 0 bridgehead atoms. The van der Waals surface area contributed by atoms with Crippen LogP contribution in [0.2, 0.25) is 5.15 Å². The summed E-state index contributed by atoms with van der Waals surface area (Å²) < 4.78 is 20.3. The first kappa shape index (κ1) is 23.3. The molecule has 0 fully saturated rings. The Morgan fingerprint density at radius 3 is 2.39 bits per heavy atom. The van der Waals surface area contributed by atoms with Gasteiger partial charge in [0.15, 0.2) is 0 Å². The summed E-state index contributed by atoms with van der Waals surface area (Å²) in [6.45, 7) is 15.9. The van der Waals surface area contributed by atoms with Crippen LogP contribution >= 0.6 is 11.6 Å². The summed E-state index contributed by atoms with van der Waals surface area (Å²) in [4.78, 5) is 29.5. The molecule has 5 nitrogen and oxygen atoms in total. The monoisotopic (exact) mass is 406 g/mol. The molecule has 2 aromatic heterocycles. The van der Waals surface area contributed by atoms with Crippen molar-refractivity contribution in [3.05, 3.63) is 70.5 Å². The summed E-state index contributed by atoms with van der Waals surface area (Å²) in [5, 5.41) is 0.356. The normalized spacial score (nSPS) is 11.8. The number of carbonyl (C=O) groups is 1. The Kier molecular flexibility index (Phi) is 7.88. The lowest BCUT2D eigenvalue weighted by Crippen LogP contribution is -2.35. The van der Waals surface area contributed by atoms with Gasteiger partial charge in [-0.25, -0.2) is 18.7 Å². The number of nitrogens with zero attached hydrogens (tertiary/aromatic N) is 2. The molecule has 0 saturated carbocycles. The Labute approximate surface area is 168 Å². The smallest absolute Gasteiger partial charge is 0.422 e. The van der Waals surface area contributed by atoms with Gasteiger partial charge in [0.2, 0.25) is 0 Å². The van der Waals surface area contributed by atoms with Crippen molar-refractivity contribution in [1.82, 2.24) is 9.55 Å². The van der Waals surface area contributed by atoms with Crippen molar-refractivity contribution in [2.45, 2.75) is 40.2 Å². The third-order valence-corrected chi connectivity index (χ3v) is 3.69. The second kappa shape index (κ2) is 9.46. The Morgan fingerprint density at radius 1 is 1.29 bits per heavy atom. The highest BCUT2D eigenvalue weighted by Crippen LogP contribution is 2.26. The molecule has 0 amide bonds. The molecule has 0 radical (unpaired) electrons. The van der Waals surface area contributed by atoms with Crippen LogP contribution in [0.15, 0.2) is 54.3 Å². The third kappa shape index (κ3) is 4.95. The SMILES string of the molecule is C=C/C(F)=C(\C=C)c1cc2c(Cl)nccc2n(C(=O)OC(C)(C)C)c1=O.CC. The molecule has 2 heterocycles. The highest BCUT2D eigenvalue weighted by atomic mass is 35.5. The molecule has 28 heavy (non-hydrogen) atoms. The Hall–Kier alpha value is -2.73. The number of ether oxygens (including phenoxy) is 1. The van der Waals surface area contributed by atoms with Gasteiger partial charge in [-0.15, -0.1) is 0 Å². The second-order valence-electron chi connectivity index (χ2n) is 6.38. The lowest BCUT2D eigenvalue weighted by molar-refractivity contribution is 0.0538. The number of rotatable bonds is 3.